The van der Waals surface area contributed by atoms with Crippen LogP contribution in [0.5, 0.6) is 5.75 Å². The number of aromatic nitrogens is 2. The summed E-state index contributed by atoms with van der Waals surface area (Å²) in [7, 11) is 0. The summed E-state index contributed by atoms with van der Waals surface area (Å²) >= 11 is 0. The summed E-state index contributed by atoms with van der Waals surface area (Å²) in [4.78, 5) is 17.9. The maximum absolute atomic E-state index is 13.5. The number of fused-ring (bicyclic) bond motifs is 3. The highest BCUT2D eigenvalue weighted by Gasteiger charge is 2.45. The summed E-state index contributed by atoms with van der Waals surface area (Å²) < 4.78 is 8.10. The van der Waals surface area contributed by atoms with Gasteiger partial charge in [0.1, 0.15) is 0 Å². The van der Waals surface area contributed by atoms with E-state index in [1.165, 1.54) is 0 Å². The fourth-order valence-electron chi connectivity index (χ4n) is 3.19. The monoisotopic (exact) mass is 316 g/mol. The van der Waals surface area contributed by atoms with Crippen molar-refractivity contribution in [1.29, 1.82) is 0 Å². The van der Waals surface area contributed by atoms with Gasteiger partial charge in [-0.25, -0.2) is 4.98 Å². The van der Waals surface area contributed by atoms with Gasteiger partial charge in [-0.3, -0.25) is 9.36 Å². The van der Waals surface area contributed by atoms with E-state index in [2.05, 4.69) is 11.6 Å². The topological polar surface area (TPSA) is 44.1 Å². The number of hydrogen-bond donors (Lipinski definition) is 0. The van der Waals surface area contributed by atoms with E-state index in [9.17, 15) is 4.79 Å². The van der Waals surface area contributed by atoms with Gasteiger partial charge in [0, 0.05) is 24.4 Å². The van der Waals surface area contributed by atoms with Crippen molar-refractivity contribution >= 4 is 5.78 Å². The third kappa shape index (κ3) is 2.00. The van der Waals surface area contributed by atoms with Crippen molar-refractivity contribution < 1.29 is 9.53 Å². The van der Waals surface area contributed by atoms with Crippen LogP contribution in [-0.2, 0) is 5.60 Å². The van der Waals surface area contributed by atoms with E-state index < -0.39 is 5.60 Å². The van der Waals surface area contributed by atoms with Crippen LogP contribution < -0.4 is 4.74 Å². The number of ketones is 1. The Morgan fingerprint density at radius 3 is 2.75 bits per heavy atom. The Morgan fingerprint density at radius 2 is 1.96 bits per heavy atom. The van der Waals surface area contributed by atoms with Gasteiger partial charge in [0.25, 0.3) is 0 Å². The SMILES string of the molecule is C=CCC1(c2ccccc2)Oc2cccnc2-n2cccc2C1=O. The van der Waals surface area contributed by atoms with Crippen molar-refractivity contribution in [1.82, 2.24) is 9.55 Å². The molecule has 0 spiro atoms. The molecule has 1 unspecified atom stereocenters. The summed E-state index contributed by atoms with van der Waals surface area (Å²) in [5.41, 5.74) is 0.213. The number of Topliss-reactive ketones (excluding diaryl/α,β-unsaturated/α-hetero) is 1. The molecule has 0 bridgehead atoms. The summed E-state index contributed by atoms with van der Waals surface area (Å²) in [5, 5.41) is 0. The molecule has 1 aromatic carbocycles. The standard InChI is InChI=1S/C20H16N2O2/c1-2-12-20(15-8-4-3-5-9-15)18(23)16-10-7-14-22(16)19-17(24-20)11-6-13-21-19/h2-11,13-14H,1,12H2. The van der Waals surface area contributed by atoms with E-state index in [0.29, 0.717) is 23.7 Å². The first kappa shape index (κ1) is 14.5. The van der Waals surface area contributed by atoms with Crippen LogP contribution >= 0.6 is 0 Å². The fourth-order valence-corrected chi connectivity index (χ4v) is 3.19. The van der Waals surface area contributed by atoms with Crippen LogP contribution in [0.3, 0.4) is 0 Å². The summed E-state index contributed by atoms with van der Waals surface area (Å²) in [6, 6.07) is 16.9. The van der Waals surface area contributed by atoms with Crippen molar-refractivity contribution in [2.45, 2.75) is 12.0 Å². The molecule has 3 aromatic rings. The fraction of sp³-hybridized carbons (Fsp3) is 0.100. The van der Waals surface area contributed by atoms with E-state index in [4.69, 9.17) is 4.74 Å². The zero-order chi connectivity index (χ0) is 16.6. The molecule has 118 valence electrons. The number of nitrogens with zero attached hydrogens (tertiary/aromatic N) is 2. The molecule has 3 heterocycles. The average molecular weight is 316 g/mol. The molecular weight excluding hydrogens is 300 g/mol. The molecule has 0 saturated heterocycles. The first-order valence-electron chi connectivity index (χ1n) is 7.79. The molecule has 0 aliphatic carbocycles. The van der Waals surface area contributed by atoms with E-state index >= 15 is 0 Å². The molecule has 1 aliphatic rings. The predicted molar refractivity (Wildman–Crippen MR) is 91.5 cm³/mol. The van der Waals surface area contributed by atoms with Crippen molar-refractivity contribution in [2.24, 2.45) is 0 Å². The second-order valence-corrected chi connectivity index (χ2v) is 5.71. The Kier molecular flexibility index (Phi) is 3.31. The Hall–Kier alpha value is -3.14. The first-order valence-corrected chi connectivity index (χ1v) is 7.79. The lowest BCUT2D eigenvalue weighted by molar-refractivity contribution is 0.0453. The molecule has 0 N–H and O–H groups in total. The second-order valence-electron chi connectivity index (χ2n) is 5.71. The molecule has 4 rings (SSSR count). The summed E-state index contributed by atoms with van der Waals surface area (Å²) in [6.45, 7) is 3.84. The summed E-state index contributed by atoms with van der Waals surface area (Å²) in [6.07, 6.45) is 5.62. The maximum atomic E-state index is 13.5. The Bertz CT molecular complexity index is 914. The number of ether oxygens (including phenoxy) is 1. The second kappa shape index (κ2) is 5.49. The van der Waals surface area contributed by atoms with Crippen LogP contribution in [-0.4, -0.2) is 15.3 Å². The van der Waals surface area contributed by atoms with E-state index in [1.807, 2.05) is 54.7 Å². The number of benzene rings is 1. The molecule has 0 amide bonds. The van der Waals surface area contributed by atoms with Crippen LogP contribution in [0.25, 0.3) is 5.82 Å². The van der Waals surface area contributed by atoms with Crippen LogP contribution in [0.2, 0.25) is 0 Å². The van der Waals surface area contributed by atoms with E-state index in [0.717, 1.165) is 5.56 Å². The number of carbonyl (C=O) groups excluding carboxylic acids is 1. The van der Waals surface area contributed by atoms with Crippen LogP contribution in [0.4, 0.5) is 0 Å². The predicted octanol–water partition coefficient (Wildman–Crippen LogP) is 3.92. The van der Waals surface area contributed by atoms with Gasteiger partial charge in [-0.05, 0) is 24.3 Å². The number of carbonyl (C=O) groups is 1. The lowest BCUT2D eigenvalue weighted by atomic mass is 9.84. The maximum Gasteiger partial charge on any atom is 0.228 e. The van der Waals surface area contributed by atoms with Gasteiger partial charge in [-0.2, -0.15) is 0 Å². The number of pyridine rings is 1. The third-order valence-electron chi connectivity index (χ3n) is 4.28. The molecule has 24 heavy (non-hydrogen) atoms. The van der Waals surface area contributed by atoms with Gasteiger partial charge in [-0.15, -0.1) is 6.58 Å². The van der Waals surface area contributed by atoms with Gasteiger partial charge >= 0.3 is 0 Å². The van der Waals surface area contributed by atoms with Gasteiger partial charge in [0.05, 0.1) is 5.69 Å². The zero-order valence-corrected chi connectivity index (χ0v) is 13.1. The Balaban J connectivity index is 2.03. The zero-order valence-electron chi connectivity index (χ0n) is 13.1. The molecule has 0 radical (unpaired) electrons. The van der Waals surface area contributed by atoms with Crippen LogP contribution in [0.1, 0.15) is 22.5 Å². The highest BCUT2D eigenvalue weighted by Crippen LogP contribution is 2.40. The van der Waals surface area contributed by atoms with Gasteiger partial charge in [-0.1, -0.05) is 36.4 Å². The van der Waals surface area contributed by atoms with Gasteiger partial charge in [0.2, 0.25) is 11.4 Å². The molecule has 0 saturated carbocycles. The normalized spacial score (nSPS) is 18.9. The Morgan fingerprint density at radius 1 is 1.12 bits per heavy atom. The lowest BCUT2D eigenvalue weighted by Gasteiger charge is -2.31. The third-order valence-corrected chi connectivity index (χ3v) is 4.28. The quantitative estimate of drug-likeness (QED) is 0.688. The molecule has 4 nitrogen and oxygen atoms in total. The van der Waals surface area contributed by atoms with Crippen molar-refractivity contribution in [2.75, 3.05) is 0 Å². The number of hydrogen-bond acceptors (Lipinski definition) is 3. The minimum Gasteiger partial charge on any atom is -0.470 e. The molecular formula is C20H16N2O2. The van der Waals surface area contributed by atoms with Crippen molar-refractivity contribution in [3.63, 3.8) is 0 Å². The largest absolute Gasteiger partial charge is 0.470 e. The highest BCUT2D eigenvalue weighted by atomic mass is 16.5. The molecule has 1 atom stereocenters. The smallest absolute Gasteiger partial charge is 0.228 e. The lowest BCUT2D eigenvalue weighted by Crippen LogP contribution is -2.41. The molecule has 0 fully saturated rings. The van der Waals surface area contributed by atoms with Crippen molar-refractivity contribution in [3.05, 3.63) is 90.9 Å². The number of rotatable bonds is 3. The highest BCUT2D eigenvalue weighted by molar-refractivity contribution is 6.03. The van der Waals surface area contributed by atoms with Crippen LogP contribution in [0.15, 0.2) is 79.6 Å². The van der Waals surface area contributed by atoms with Crippen molar-refractivity contribution in [3.8, 4) is 11.6 Å². The Labute approximate surface area is 140 Å². The van der Waals surface area contributed by atoms with Crippen LogP contribution in [0, 0.1) is 0 Å². The van der Waals surface area contributed by atoms with Gasteiger partial charge in [0.15, 0.2) is 11.6 Å². The minimum absolute atomic E-state index is 0.100. The van der Waals surface area contributed by atoms with Gasteiger partial charge < -0.3 is 4.74 Å². The van der Waals surface area contributed by atoms with E-state index in [-0.39, 0.29) is 5.78 Å². The first-order chi connectivity index (χ1) is 11.8. The molecule has 1 aliphatic heterocycles. The average Bonchev–Trinajstić information content (AvgIpc) is 3.08. The minimum atomic E-state index is -1.15. The van der Waals surface area contributed by atoms with E-state index in [1.54, 1.807) is 22.9 Å². The molecule has 2 aromatic heterocycles. The summed E-state index contributed by atoms with van der Waals surface area (Å²) in [5.74, 6) is 1.09. The molecule has 4 heteroatoms.